The summed E-state index contributed by atoms with van der Waals surface area (Å²) < 4.78 is 1.15. The van der Waals surface area contributed by atoms with Crippen molar-refractivity contribution in [3.05, 3.63) is 28.7 Å². The van der Waals surface area contributed by atoms with Gasteiger partial charge in [0.15, 0.2) is 0 Å². The SMILES string of the molecule is Brc1ccc(N2CCC2)cc1. The summed E-state index contributed by atoms with van der Waals surface area (Å²) in [4.78, 5) is 2.38. The van der Waals surface area contributed by atoms with Crippen LogP contribution < -0.4 is 4.90 Å². The van der Waals surface area contributed by atoms with Gasteiger partial charge in [-0.25, -0.2) is 0 Å². The number of nitrogens with zero attached hydrogens (tertiary/aromatic N) is 1. The first kappa shape index (κ1) is 7.17. The van der Waals surface area contributed by atoms with Gasteiger partial charge < -0.3 is 4.90 Å². The second kappa shape index (κ2) is 2.86. The van der Waals surface area contributed by atoms with Crippen LogP contribution in [0.4, 0.5) is 5.69 Å². The highest BCUT2D eigenvalue weighted by Gasteiger charge is 2.13. The number of halogens is 1. The third-order valence-electron chi connectivity index (χ3n) is 2.05. The van der Waals surface area contributed by atoms with Crippen LogP contribution in [-0.2, 0) is 0 Å². The van der Waals surface area contributed by atoms with Gasteiger partial charge in [0, 0.05) is 23.2 Å². The fourth-order valence-corrected chi connectivity index (χ4v) is 1.49. The molecule has 11 heavy (non-hydrogen) atoms. The topological polar surface area (TPSA) is 3.24 Å². The molecular formula is C9H10BrN. The number of anilines is 1. The Bertz CT molecular complexity index is 238. The predicted octanol–water partition coefficient (Wildman–Crippen LogP) is 2.66. The first-order valence-corrected chi connectivity index (χ1v) is 4.66. The smallest absolute Gasteiger partial charge is 0.0366 e. The van der Waals surface area contributed by atoms with Crippen LogP contribution in [0.2, 0.25) is 0 Å². The highest BCUT2D eigenvalue weighted by molar-refractivity contribution is 9.10. The lowest BCUT2D eigenvalue weighted by molar-refractivity contribution is 0.618. The molecule has 1 fully saturated rings. The average Bonchev–Trinajstić information content (AvgIpc) is 1.90. The largest absolute Gasteiger partial charge is 0.371 e. The van der Waals surface area contributed by atoms with E-state index < -0.39 is 0 Å². The van der Waals surface area contributed by atoms with E-state index >= 15 is 0 Å². The van der Waals surface area contributed by atoms with Gasteiger partial charge >= 0.3 is 0 Å². The van der Waals surface area contributed by atoms with E-state index in [4.69, 9.17) is 0 Å². The van der Waals surface area contributed by atoms with Crippen LogP contribution in [0.15, 0.2) is 28.7 Å². The first-order chi connectivity index (χ1) is 5.36. The molecule has 58 valence electrons. The summed E-state index contributed by atoms with van der Waals surface area (Å²) in [6.45, 7) is 2.45. The molecule has 0 N–H and O–H groups in total. The zero-order chi connectivity index (χ0) is 7.68. The van der Waals surface area contributed by atoms with Gasteiger partial charge in [-0.3, -0.25) is 0 Å². The summed E-state index contributed by atoms with van der Waals surface area (Å²) in [7, 11) is 0. The molecule has 0 radical (unpaired) electrons. The molecule has 1 aromatic carbocycles. The van der Waals surface area contributed by atoms with E-state index in [2.05, 4.69) is 45.1 Å². The summed E-state index contributed by atoms with van der Waals surface area (Å²) >= 11 is 3.42. The van der Waals surface area contributed by atoms with Crippen LogP contribution in [-0.4, -0.2) is 13.1 Å². The summed E-state index contributed by atoms with van der Waals surface area (Å²) in [5.74, 6) is 0. The van der Waals surface area contributed by atoms with Gasteiger partial charge in [-0.05, 0) is 30.7 Å². The minimum Gasteiger partial charge on any atom is -0.371 e. The Morgan fingerprint density at radius 3 is 2.18 bits per heavy atom. The molecule has 0 amide bonds. The van der Waals surface area contributed by atoms with Crippen LogP contribution in [0.3, 0.4) is 0 Å². The van der Waals surface area contributed by atoms with Crippen molar-refractivity contribution in [2.75, 3.05) is 18.0 Å². The lowest BCUT2D eigenvalue weighted by Gasteiger charge is -2.33. The van der Waals surface area contributed by atoms with Crippen LogP contribution in [0, 0.1) is 0 Å². The van der Waals surface area contributed by atoms with E-state index in [-0.39, 0.29) is 0 Å². The van der Waals surface area contributed by atoms with E-state index in [0.717, 1.165) is 4.47 Å². The fraction of sp³-hybridized carbons (Fsp3) is 0.333. The molecule has 0 unspecified atom stereocenters. The number of rotatable bonds is 1. The highest BCUT2D eigenvalue weighted by Crippen LogP contribution is 2.22. The molecule has 0 atom stereocenters. The zero-order valence-electron chi connectivity index (χ0n) is 6.26. The molecule has 0 aliphatic carbocycles. The Hall–Kier alpha value is -0.500. The average molecular weight is 212 g/mol. The predicted molar refractivity (Wildman–Crippen MR) is 51.0 cm³/mol. The van der Waals surface area contributed by atoms with Crippen molar-refractivity contribution in [3.63, 3.8) is 0 Å². The molecule has 1 aromatic rings. The lowest BCUT2D eigenvalue weighted by atomic mass is 10.2. The van der Waals surface area contributed by atoms with E-state index in [9.17, 15) is 0 Å². The molecule has 0 saturated carbocycles. The normalized spacial score (nSPS) is 16.3. The maximum absolute atomic E-state index is 3.42. The molecule has 0 bridgehead atoms. The molecule has 2 heteroatoms. The Kier molecular flexibility index (Phi) is 1.86. The van der Waals surface area contributed by atoms with Crippen molar-refractivity contribution < 1.29 is 0 Å². The van der Waals surface area contributed by atoms with Crippen LogP contribution in [0.5, 0.6) is 0 Å². The monoisotopic (exact) mass is 211 g/mol. The number of hydrogen-bond donors (Lipinski definition) is 0. The molecule has 0 spiro atoms. The van der Waals surface area contributed by atoms with Crippen molar-refractivity contribution in [2.45, 2.75) is 6.42 Å². The minimum atomic E-state index is 1.15. The van der Waals surface area contributed by atoms with Gasteiger partial charge in [-0.15, -0.1) is 0 Å². The molecule has 1 heterocycles. The second-order valence-corrected chi connectivity index (χ2v) is 3.73. The van der Waals surface area contributed by atoms with E-state index in [1.807, 2.05) is 0 Å². The van der Waals surface area contributed by atoms with Crippen molar-refractivity contribution in [1.29, 1.82) is 0 Å². The van der Waals surface area contributed by atoms with Gasteiger partial charge in [0.05, 0.1) is 0 Å². The lowest BCUT2D eigenvalue weighted by Crippen LogP contribution is -2.36. The van der Waals surface area contributed by atoms with E-state index in [1.54, 1.807) is 0 Å². The van der Waals surface area contributed by atoms with Crippen molar-refractivity contribution in [2.24, 2.45) is 0 Å². The third-order valence-corrected chi connectivity index (χ3v) is 2.58. The quantitative estimate of drug-likeness (QED) is 0.691. The molecule has 1 aliphatic rings. The molecule has 2 rings (SSSR count). The van der Waals surface area contributed by atoms with E-state index in [0.29, 0.717) is 0 Å². The van der Waals surface area contributed by atoms with Crippen LogP contribution in [0.25, 0.3) is 0 Å². The Balaban J connectivity index is 2.18. The first-order valence-electron chi connectivity index (χ1n) is 3.87. The number of benzene rings is 1. The van der Waals surface area contributed by atoms with Crippen LogP contribution >= 0.6 is 15.9 Å². The Morgan fingerprint density at radius 1 is 1.09 bits per heavy atom. The standard InChI is InChI=1S/C9H10BrN/c10-8-2-4-9(5-3-8)11-6-1-7-11/h2-5H,1,6-7H2. The second-order valence-electron chi connectivity index (χ2n) is 2.82. The van der Waals surface area contributed by atoms with Crippen molar-refractivity contribution in [3.8, 4) is 0 Å². The summed E-state index contributed by atoms with van der Waals surface area (Å²) in [6.07, 6.45) is 1.34. The van der Waals surface area contributed by atoms with Crippen LogP contribution in [0.1, 0.15) is 6.42 Å². The Labute approximate surface area is 75.1 Å². The molecule has 0 aromatic heterocycles. The summed E-state index contributed by atoms with van der Waals surface area (Å²) in [5, 5.41) is 0. The van der Waals surface area contributed by atoms with Gasteiger partial charge in [-0.2, -0.15) is 0 Å². The van der Waals surface area contributed by atoms with Gasteiger partial charge in [0.1, 0.15) is 0 Å². The zero-order valence-corrected chi connectivity index (χ0v) is 7.84. The molecular weight excluding hydrogens is 202 g/mol. The number of hydrogen-bond acceptors (Lipinski definition) is 1. The maximum Gasteiger partial charge on any atom is 0.0366 e. The van der Waals surface area contributed by atoms with Crippen molar-refractivity contribution in [1.82, 2.24) is 0 Å². The Morgan fingerprint density at radius 2 is 1.73 bits per heavy atom. The highest BCUT2D eigenvalue weighted by atomic mass is 79.9. The molecule has 1 saturated heterocycles. The summed E-state index contributed by atoms with van der Waals surface area (Å²) in [5.41, 5.74) is 1.35. The maximum atomic E-state index is 3.42. The summed E-state index contributed by atoms with van der Waals surface area (Å²) in [6, 6.07) is 8.49. The molecule has 1 nitrogen and oxygen atoms in total. The van der Waals surface area contributed by atoms with Gasteiger partial charge in [0.2, 0.25) is 0 Å². The minimum absolute atomic E-state index is 1.15. The van der Waals surface area contributed by atoms with Gasteiger partial charge in [0.25, 0.3) is 0 Å². The molecule has 1 aliphatic heterocycles. The fourth-order valence-electron chi connectivity index (χ4n) is 1.23. The van der Waals surface area contributed by atoms with E-state index in [1.165, 1.54) is 25.2 Å². The van der Waals surface area contributed by atoms with Gasteiger partial charge in [-0.1, -0.05) is 15.9 Å². The van der Waals surface area contributed by atoms with Crippen molar-refractivity contribution >= 4 is 21.6 Å². The third kappa shape index (κ3) is 1.41.